The molecule has 254 valence electrons. The van der Waals surface area contributed by atoms with Gasteiger partial charge in [-0.25, -0.2) is 0 Å². The van der Waals surface area contributed by atoms with Gasteiger partial charge >= 0.3 is 0 Å². The van der Waals surface area contributed by atoms with E-state index in [1.165, 1.54) is 118 Å². The van der Waals surface area contributed by atoms with Crippen LogP contribution >= 0.6 is 11.3 Å². The van der Waals surface area contributed by atoms with E-state index in [2.05, 4.69) is 194 Å². The molecule has 0 radical (unpaired) electrons. The highest BCUT2D eigenvalue weighted by molar-refractivity contribution is 7.26. The third kappa shape index (κ3) is 4.70. The van der Waals surface area contributed by atoms with Gasteiger partial charge in [-0.1, -0.05) is 164 Å². The SMILES string of the molecule is c1ccc2cc(-c3ccc(-c4ccc(-c5ccc6c(c5)c5ccccc5c5cc7c(cc65)sc5ccc6ccccc6c57)cc4)c4ccccc34)ccc2c1. The Kier molecular flexibility index (Phi) is 6.60. The Bertz CT molecular complexity index is 3530. The number of hydrogen-bond acceptors (Lipinski definition) is 1. The minimum atomic E-state index is 1.22. The van der Waals surface area contributed by atoms with Crippen LogP contribution < -0.4 is 0 Å². The van der Waals surface area contributed by atoms with Gasteiger partial charge in [-0.3, -0.25) is 0 Å². The largest absolute Gasteiger partial charge is 0.135 e. The summed E-state index contributed by atoms with van der Waals surface area (Å²) in [6.45, 7) is 0. The zero-order valence-electron chi connectivity index (χ0n) is 29.9. The van der Waals surface area contributed by atoms with Crippen LogP contribution in [0.15, 0.2) is 194 Å². The molecule has 0 bridgehead atoms. The molecule has 0 aliphatic heterocycles. The fourth-order valence-electron chi connectivity index (χ4n) is 9.17. The van der Waals surface area contributed by atoms with E-state index in [1.807, 2.05) is 11.3 Å². The van der Waals surface area contributed by atoms with Crippen LogP contribution in [0.2, 0.25) is 0 Å². The highest BCUT2D eigenvalue weighted by Crippen LogP contribution is 2.45. The van der Waals surface area contributed by atoms with Crippen LogP contribution in [0.4, 0.5) is 0 Å². The average molecular weight is 713 g/mol. The molecule has 12 rings (SSSR count). The topological polar surface area (TPSA) is 0 Å². The Labute approximate surface area is 322 Å². The van der Waals surface area contributed by atoms with E-state index in [1.54, 1.807) is 0 Å². The lowest BCUT2D eigenvalue weighted by Crippen LogP contribution is -1.87. The molecule has 0 aliphatic carbocycles. The van der Waals surface area contributed by atoms with Crippen LogP contribution in [0.25, 0.3) is 118 Å². The van der Waals surface area contributed by atoms with Gasteiger partial charge in [-0.05, 0) is 128 Å². The molecule has 0 spiro atoms. The van der Waals surface area contributed by atoms with E-state index in [4.69, 9.17) is 0 Å². The summed E-state index contributed by atoms with van der Waals surface area (Å²) in [4.78, 5) is 0. The first-order chi connectivity index (χ1) is 27.2. The van der Waals surface area contributed by atoms with Crippen LogP contribution in [0.1, 0.15) is 0 Å². The summed E-state index contributed by atoms with van der Waals surface area (Å²) in [7, 11) is 0. The summed E-state index contributed by atoms with van der Waals surface area (Å²) in [5.74, 6) is 0. The molecule has 0 amide bonds. The third-order valence-corrected chi connectivity index (χ3v) is 12.9. The van der Waals surface area contributed by atoms with Gasteiger partial charge in [0.2, 0.25) is 0 Å². The third-order valence-electron chi connectivity index (χ3n) is 11.8. The molecule has 0 N–H and O–H groups in total. The van der Waals surface area contributed by atoms with E-state index in [0.717, 1.165) is 0 Å². The second kappa shape index (κ2) is 11.9. The minimum absolute atomic E-state index is 1.22. The lowest BCUT2D eigenvalue weighted by Gasteiger charge is -2.14. The molecule has 0 saturated heterocycles. The monoisotopic (exact) mass is 712 g/mol. The Balaban J connectivity index is 0.973. The maximum absolute atomic E-state index is 2.46. The van der Waals surface area contributed by atoms with E-state index >= 15 is 0 Å². The van der Waals surface area contributed by atoms with Gasteiger partial charge in [0, 0.05) is 20.2 Å². The van der Waals surface area contributed by atoms with Crippen molar-refractivity contribution in [2.45, 2.75) is 0 Å². The second-order valence-electron chi connectivity index (χ2n) is 14.8. The van der Waals surface area contributed by atoms with E-state index in [-0.39, 0.29) is 0 Å². The van der Waals surface area contributed by atoms with Gasteiger partial charge in [0.25, 0.3) is 0 Å². The predicted octanol–water partition coefficient (Wildman–Crippen LogP) is 16.0. The Morgan fingerprint density at radius 2 is 0.764 bits per heavy atom. The van der Waals surface area contributed by atoms with Crippen molar-refractivity contribution in [3.63, 3.8) is 0 Å². The zero-order valence-corrected chi connectivity index (χ0v) is 30.7. The van der Waals surface area contributed by atoms with Gasteiger partial charge in [-0.15, -0.1) is 11.3 Å². The van der Waals surface area contributed by atoms with Crippen LogP contribution in [-0.2, 0) is 0 Å². The first-order valence-corrected chi connectivity index (χ1v) is 19.8. The number of rotatable bonds is 3. The van der Waals surface area contributed by atoms with Crippen LogP contribution in [0, 0.1) is 0 Å². The average Bonchev–Trinajstić information content (AvgIpc) is 3.63. The van der Waals surface area contributed by atoms with E-state index in [9.17, 15) is 0 Å². The highest BCUT2D eigenvalue weighted by Gasteiger charge is 2.16. The van der Waals surface area contributed by atoms with E-state index in [0.29, 0.717) is 0 Å². The maximum atomic E-state index is 2.46. The summed E-state index contributed by atoms with van der Waals surface area (Å²) in [5.41, 5.74) is 7.44. The van der Waals surface area contributed by atoms with Crippen LogP contribution in [-0.4, -0.2) is 0 Å². The normalized spacial score (nSPS) is 12.0. The van der Waals surface area contributed by atoms with Gasteiger partial charge in [-0.2, -0.15) is 0 Å². The predicted molar refractivity (Wildman–Crippen MR) is 241 cm³/mol. The molecule has 11 aromatic carbocycles. The number of thiophene rings is 1. The smallest absolute Gasteiger partial charge is 0.0362 e. The first-order valence-electron chi connectivity index (χ1n) is 19.0. The van der Waals surface area contributed by atoms with Crippen LogP contribution in [0.5, 0.6) is 0 Å². The molecule has 12 aromatic rings. The van der Waals surface area contributed by atoms with Crippen molar-refractivity contribution in [2.24, 2.45) is 0 Å². The molecule has 0 unspecified atom stereocenters. The fraction of sp³-hybridized carbons (Fsp3) is 0. The minimum Gasteiger partial charge on any atom is -0.135 e. The Morgan fingerprint density at radius 3 is 1.53 bits per heavy atom. The molecule has 0 nitrogen and oxygen atoms in total. The lowest BCUT2D eigenvalue weighted by atomic mass is 9.90. The molecular weight excluding hydrogens is 681 g/mol. The Hall–Kier alpha value is -6.80. The molecule has 1 aromatic heterocycles. The van der Waals surface area contributed by atoms with Crippen molar-refractivity contribution in [2.75, 3.05) is 0 Å². The molecule has 0 aliphatic rings. The van der Waals surface area contributed by atoms with Crippen molar-refractivity contribution in [3.05, 3.63) is 194 Å². The fourth-order valence-corrected chi connectivity index (χ4v) is 10.3. The zero-order chi connectivity index (χ0) is 36.0. The van der Waals surface area contributed by atoms with Crippen LogP contribution in [0.3, 0.4) is 0 Å². The molecule has 0 saturated carbocycles. The Morgan fingerprint density at radius 1 is 0.236 bits per heavy atom. The van der Waals surface area contributed by atoms with Crippen molar-refractivity contribution in [1.82, 2.24) is 0 Å². The van der Waals surface area contributed by atoms with Crippen molar-refractivity contribution < 1.29 is 0 Å². The summed E-state index contributed by atoms with van der Waals surface area (Å²) < 4.78 is 2.69. The van der Waals surface area contributed by atoms with Crippen molar-refractivity contribution in [3.8, 4) is 33.4 Å². The molecule has 1 heterocycles. The molecular formula is C54H32S. The second-order valence-corrected chi connectivity index (χ2v) is 15.9. The molecule has 55 heavy (non-hydrogen) atoms. The molecule has 0 fully saturated rings. The van der Waals surface area contributed by atoms with Crippen molar-refractivity contribution in [1.29, 1.82) is 0 Å². The molecule has 1 heteroatoms. The van der Waals surface area contributed by atoms with Gasteiger partial charge in [0.1, 0.15) is 0 Å². The van der Waals surface area contributed by atoms with E-state index < -0.39 is 0 Å². The van der Waals surface area contributed by atoms with Crippen molar-refractivity contribution >= 4 is 96.1 Å². The molecule has 0 atom stereocenters. The first kappa shape index (κ1) is 30.6. The summed E-state index contributed by atoms with van der Waals surface area (Å²) >= 11 is 1.91. The maximum Gasteiger partial charge on any atom is 0.0362 e. The summed E-state index contributed by atoms with van der Waals surface area (Å²) in [5, 5.41) is 18.3. The van der Waals surface area contributed by atoms with Gasteiger partial charge in [0.15, 0.2) is 0 Å². The number of hydrogen-bond donors (Lipinski definition) is 0. The summed E-state index contributed by atoms with van der Waals surface area (Å²) in [6.07, 6.45) is 0. The van der Waals surface area contributed by atoms with Gasteiger partial charge in [0.05, 0.1) is 0 Å². The standard InChI is InChI=1S/C54H32S/c1-2-11-37-29-39(22-19-33(37)9-1)41-27-26-40(43-13-5-6-14-44(41)43)36-20-17-34(18-21-36)38-23-25-47-48(30-38)45-15-7-8-16-46(45)49-31-51-53(32-50(47)49)55-52-28-24-35-10-3-4-12-42(35)54(51)52/h1-32H. The quantitative estimate of drug-likeness (QED) is 0.160. The highest BCUT2D eigenvalue weighted by atomic mass is 32.1. The number of fused-ring (bicyclic) bond motifs is 13. The number of benzene rings is 11. The summed E-state index contributed by atoms with van der Waals surface area (Å²) in [6, 6.07) is 72.2. The lowest BCUT2D eigenvalue weighted by molar-refractivity contribution is 1.62. The van der Waals surface area contributed by atoms with Gasteiger partial charge < -0.3 is 0 Å².